The van der Waals surface area contributed by atoms with Crippen molar-refractivity contribution in [1.29, 1.82) is 0 Å². The summed E-state index contributed by atoms with van der Waals surface area (Å²) < 4.78 is 0. The lowest BCUT2D eigenvalue weighted by Crippen LogP contribution is -2.30. The zero-order valence-corrected chi connectivity index (χ0v) is 8.36. The molecule has 1 aromatic heterocycles. The second-order valence-electron chi connectivity index (χ2n) is 3.16. The molecule has 82 valence electrons. The summed E-state index contributed by atoms with van der Waals surface area (Å²) in [6, 6.07) is -1.08. The van der Waals surface area contributed by atoms with Crippen LogP contribution in [0.5, 0.6) is 0 Å². The van der Waals surface area contributed by atoms with Crippen molar-refractivity contribution < 1.29 is 4.92 Å². The molecule has 0 aliphatic heterocycles. The lowest BCUT2D eigenvalue weighted by molar-refractivity contribution is -0.529. The molecule has 0 bridgehead atoms. The molecule has 7 heteroatoms. The van der Waals surface area contributed by atoms with E-state index in [1.807, 2.05) is 4.98 Å². The van der Waals surface area contributed by atoms with E-state index in [0.29, 0.717) is 0 Å². The van der Waals surface area contributed by atoms with Crippen molar-refractivity contribution in [3.05, 3.63) is 42.2 Å². The quantitative estimate of drug-likeness (QED) is 0.548. The summed E-state index contributed by atoms with van der Waals surface area (Å²) >= 11 is 0. The Hall–Kier alpha value is -1.92. The van der Waals surface area contributed by atoms with Gasteiger partial charge >= 0.3 is 5.69 Å². The minimum Gasteiger partial charge on any atom is -0.311 e. The van der Waals surface area contributed by atoms with Gasteiger partial charge in [-0.05, 0) is 6.92 Å². The summed E-state index contributed by atoms with van der Waals surface area (Å²) in [5.41, 5.74) is -1.09. The fourth-order valence-electron chi connectivity index (χ4n) is 1.47. The van der Waals surface area contributed by atoms with E-state index >= 15 is 0 Å². The molecule has 7 nitrogen and oxygen atoms in total. The minimum absolute atomic E-state index is 0.0158. The van der Waals surface area contributed by atoms with Gasteiger partial charge in [0.2, 0.25) is 6.04 Å². The van der Waals surface area contributed by atoms with Crippen molar-refractivity contribution in [2.24, 2.45) is 0 Å². The van der Waals surface area contributed by atoms with Gasteiger partial charge in [0.15, 0.2) is 0 Å². The predicted molar refractivity (Wildman–Crippen MR) is 52.4 cm³/mol. The molecule has 0 spiro atoms. The Balaban J connectivity index is 3.42. The Morgan fingerprint density at radius 3 is 2.40 bits per heavy atom. The maximum absolute atomic E-state index is 11.4. The van der Waals surface area contributed by atoms with E-state index in [1.165, 1.54) is 6.92 Å². The summed E-state index contributed by atoms with van der Waals surface area (Å²) in [5.74, 6) is 0. The van der Waals surface area contributed by atoms with Crippen LogP contribution in [0.25, 0.3) is 0 Å². The van der Waals surface area contributed by atoms with Crippen LogP contribution in [0.4, 0.5) is 0 Å². The number of aromatic amines is 2. The Morgan fingerprint density at radius 2 is 2.00 bits per heavy atom. The smallest absolute Gasteiger partial charge is 0.311 e. The third-order valence-electron chi connectivity index (χ3n) is 2.15. The first kappa shape index (κ1) is 11.2. The van der Waals surface area contributed by atoms with Gasteiger partial charge in [-0.3, -0.25) is 19.9 Å². The summed E-state index contributed by atoms with van der Waals surface area (Å²) in [4.78, 5) is 36.7. The second-order valence-corrected chi connectivity index (χ2v) is 3.16. The van der Waals surface area contributed by atoms with Gasteiger partial charge in [0, 0.05) is 17.0 Å². The Morgan fingerprint density at radius 1 is 1.40 bits per heavy atom. The van der Waals surface area contributed by atoms with Crippen LogP contribution in [0.3, 0.4) is 0 Å². The number of nitrogens with zero attached hydrogens (tertiary/aromatic N) is 1. The Labute approximate surface area is 84.3 Å². The first-order valence-electron chi connectivity index (χ1n) is 4.44. The van der Waals surface area contributed by atoms with E-state index < -0.39 is 22.2 Å². The first-order chi connectivity index (χ1) is 6.97. The average Bonchev–Trinajstić information content (AvgIpc) is 2.09. The van der Waals surface area contributed by atoms with Crippen molar-refractivity contribution in [3.8, 4) is 0 Å². The highest BCUT2D eigenvalue weighted by atomic mass is 16.6. The first-order valence-corrected chi connectivity index (χ1v) is 4.44. The highest BCUT2D eigenvalue weighted by molar-refractivity contribution is 5.17. The van der Waals surface area contributed by atoms with Gasteiger partial charge in [-0.25, -0.2) is 4.79 Å². The van der Waals surface area contributed by atoms with Crippen molar-refractivity contribution >= 4 is 0 Å². The average molecular weight is 213 g/mol. The molecule has 0 saturated heterocycles. The normalized spacial score (nSPS) is 12.4. The van der Waals surface area contributed by atoms with E-state index in [0.717, 1.165) is 0 Å². The summed E-state index contributed by atoms with van der Waals surface area (Å²) in [6.45, 7) is 3.08. The number of nitrogens with one attached hydrogen (secondary N) is 2. The van der Waals surface area contributed by atoms with Gasteiger partial charge in [0.25, 0.3) is 5.56 Å². The van der Waals surface area contributed by atoms with Crippen LogP contribution in [0.15, 0.2) is 9.59 Å². The molecule has 1 heterocycles. The van der Waals surface area contributed by atoms with Crippen LogP contribution in [0.1, 0.15) is 30.6 Å². The second kappa shape index (κ2) is 4.07. The molecule has 0 saturated carbocycles. The molecular formula is C8H11N3O4. The van der Waals surface area contributed by atoms with Crippen LogP contribution < -0.4 is 11.2 Å². The molecule has 0 amide bonds. The summed E-state index contributed by atoms with van der Waals surface area (Å²) in [6.07, 6.45) is 0.197. The number of hydrogen-bond acceptors (Lipinski definition) is 4. The zero-order valence-electron chi connectivity index (χ0n) is 8.36. The number of rotatable bonds is 3. The third kappa shape index (κ3) is 2.12. The predicted octanol–water partition coefficient (Wildman–Crippen LogP) is 0.0994. The summed E-state index contributed by atoms with van der Waals surface area (Å²) in [7, 11) is 0. The van der Waals surface area contributed by atoms with Crippen molar-refractivity contribution in [2.75, 3.05) is 0 Å². The molecular weight excluding hydrogens is 202 g/mol. The van der Waals surface area contributed by atoms with Gasteiger partial charge in [-0.15, -0.1) is 0 Å². The maximum Gasteiger partial charge on any atom is 0.325 e. The molecule has 0 aromatic carbocycles. The Kier molecular flexibility index (Phi) is 3.03. The molecule has 0 aliphatic carbocycles. The van der Waals surface area contributed by atoms with Crippen LogP contribution in [0.2, 0.25) is 0 Å². The number of H-pyrrole nitrogens is 2. The topological polar surface area (TPSA) is 109 Å². The fourth-order valence-corrected chi connectivity index (χ4v) is 1.47. The maximum atomic E-state index is 11.4. The molecule has 1 aromatic rings. The van der Waals surface area contributed by atoms with Gasteiger partial charge in [0.1, 0.15) is 5.56 Å². The molecule has 0 fully saturated rings. The zero-order chi connectivity index (χ0) is 11.6. The lowest BCUT2D eigenvalue weighted by Gasteiger charge is -2.07. The van der Waals surface area contributed by atoms with E-state index in [1.54, 1.807) is 6.92 Å². The van der Waals surface area contributed by atoms with Gasteiger partial charge in [-0.1, -0.05) is 6.92 Å². The standard InChI is InChI=1S/C8H11N3O4/c1-3-5(11(14)15)6-4(2)9-8(13)10-7(6)12/h5H,3H2,1-2H3,(H2,9,10,12,13). The molecule has 1 atom stereocenters. The van der Waals surface area contributed by atoms with E-state index in [9.17, 15) is 19.7 Å². The highest BCUT2D eigenvalue weighted by Gasteiger charge is 2.26. The number of aryl methyl sites for hydroxylation is 1. The van der Waals surface area contributed by atoms with Crippen LogP contribution in [-0.4, -0.2) is 14.9 Å². The fraction of sp³-hybridized carbons (Fsp3) is 0.500. The number of aromatic nitrogens is 2. The van der Waals surface area contributed by atoms with E-state index in [2.05, 4.69) is 4.98 Å². The SMILES string of the molecule is CCC(c1c(C)[nH]c(=O)[nH]c1=O)[N+](=O)[O-]. The third-order valence-corrected chi connectivity index (χ3v) is 2.15. The number of hydrogen-bond donors (Lipinski definition) is 2. The van der Waals surface area contributed by atoms with Gasteiger partial charge in [-0.2, -0.15) is 0 Å². The largest absolute Gasteiger partial charge is 0.325 e. The molecule has 0 aliphatic rings. The van der Waals surface area contributed by atoms with Crippen LogP contribution >= 0.6 is 0 Å². The highest BCUT2D eigenvalue weighted by Crippen LogP contribution is 2.17. The van der Waals surface area contributed by atoms with E-state index in [-0.39, 0.29) is 17.7 Å². The minimum atomic E-state index is -1.08. The van der Waals surface area contributed by atoms with Crippen molar-refractivity contribution in [3.63, 3.8) is 0 Å². The van der Waals surface area contributed by atoms with Crippen LogP contribution in [-0.2, 0) is 0 Å². The molecule has 0 radical (unpaired) electrons. The van der Waals surface area contributed by atoms with E-state index in [4.69, 9.17) is 0 Å². The lowest BCUT2D eigenvalue weighted by atomic mass is 10.1. The van der Waals surface area contributed by atoms with Gasteiger partial charge in [0.05, 0.1) is 0 Å². The number of nitro groups is 1. The summed E-state index contributed by atoms with van der Waals surface area (Å²) in [5, 5.41) is 10.7. The molecule has 2 N–H and O–H groups in total. The molecule has 15 heavy (non-hydrogen) atoms. The molecule has 1 rings (SSSR count). The molecule has 1 unspecified atom stereocenters. The van der Waals surface area contributed by atoms with Crippen molar-refractivity contribution in [1.82, 2.24) is 9.97 Å². The van der Waals surface area contributed by atoms with Crippen LogP contribution in [0, 0.1) is 17.0 Å². The Bertz CT molecular complexity index is 487. The van der Waals surface area contributed by atoms with Gasteiger partial charge < -0.3 is 4.98 Å². The van der Waals surface area contributed by atoms with Crippen molar-refractivity contribution in [2.45, 2.75) is 26.3 Å². The monoisotopic (exact) mass is 213 g/mol.